The molecule has 2 heterocycles. The SMILES string of the molecule is C[C@@H]1CCc2c(C(=O)NCCCN3CCOCC3)csc2C1. The predicted octanol–water partition coefficient (Wildman–Crippen LogP) is 2.33. The lowest BCUT2D eigenvalue weighted by atomic mass is 9.88. The minimum atomic E-state index is 0.119. The Labute approximate surface area is 136 Å². The predicted molar refractivity (Wildman–Crippen MR) is 89.7 cm³/mol. The van der Waals surface area contributed by atoms with E-state index in [-0.39, 0.29) is 5.91 Å². The molecule has 0 unspecified atom stereocenters. The number of carbonyl (C=O) groups excluding carboxylic acids is 1. The lowest BCUT2D eigenvalue weighted by Crippen LogP contribution is -2.38. The highest BCUT2D eigenvalue weighted by Crippen LogP contribution is 2.32. The second kappa shape index (κ2) is 7.57. The smallest absolute Gasteiger partial charge is 0.252 e. The minimum absolute atomic E-state index is 0.119. The Morgan fingerprint density at radius 1 is 1.45 bits per heavy atom. The van der Waals surface area contributed by atoms with Crippen LogP contribution in [0.2, 0.25) is 0 Å². The first-order valence-corrected chi connectivity index (χ1v) is 9.29. The molecule has 1 fully saturated rings. The Bertz CT molecular complexity index is 509. The van der Waals surface area contributed by atoms with Crippen LogP contribution < -0.4 is 5.32 Å². The van der Waals surface area contributed by atoms with Crippen molar-refractivity contribution in [2.75, 3.05) is 39.4 Å². The Morgan fingerprint density at radius 2 is 2.27 bits per heavy atom. The standard InChI is InChI=1S/C17H26N2O2S/c1-13-3-4-14-15(12-22-16(14)11-13)17(20)18-5-2-6-19-7-9-21-10-8-19/h12-13H,2-11H2,1H3,(H,18,20)/t13-/m1/s1. The summed E-state index contributed by atoms with van der Waals surface area (Å²) in [6.07, 6.45) is 4.43. The highest BCUT2D eigenvalue weighted by atomic mass is 32.1. The molecular formula is C17H26N2O2S. The quantitative estimate of drug-likeness (QED) is 0.846. The summed E-state index contributed by atoms with van der Waals surface area (Å²) >= 11 is 1.76. The zero-order chi connectivity index (χ0) is 15.4. The summed E-state index contributed by atoms with van der Waals surface area (Å²) in [4.78, 5) is 16.2. The van der Waals surface area contributed by atoms with Gasteiger partial charge < -0.3 is 10.1 Å². The first kappa shape index (κ1) is 16.0. The molecule has 0 aromatic carbocycles. The van der Waals surface area contributed by atoms with E-state index in [0.717, 1.165) is 70.1 Å². The van der Waals surface area contributed by atoms with Gasteiger partial charge in [-0.2, -0.15) is 0 Å². The molecule has 1 aromatic rings. The van der Waals surface area contributed by atoms with Crippen molar-refractivity contribution in [1.82, 2.24) is 10.2 Å². The number of carbonyl (C=O) groups is 1. The van der Waals surface area contributed by atoms with Gasteiger partial charge in [-0.25, -0.2) is 0 Å². The maximum Gasteiger partial charge on any atom is 0.252 e. The number of hydrogen-bond donors (Lipinski definition) is 1. The zero-order valence-corrected chi connectivity index (χ0v) is 14.2. The van der Waals surface area contributed by atoms with Gasteiger partial charge in [0.05, 0.1) is 18.8 Å². The fraction of sp³-hybridized carbons (Fsp3) is 0.706. The van der Waals surface area contributed by atoms with Crippen molar-refractivity contribution < 1.29 is 9.53 Å². The molecule has 2 aliphatic rings. The number of fused-ring (bicyclic) bond motifs is 1. The summed E-state index contributed by atoms with van der Waals surface area (Å²) in [7, 11) is 0. The van der Waals surface area contributed by atoms with Gasteiger partial charge >= 0.3 is 0 Å². The third-order valence-electron chi connectivity index (χ3n) is 4.69. The average molecular weight is 322 g/mol. The first-order chi connectivity index (χ1) is 10.7. The van der Waals surface area contributed by atoms with Crippen molar-refractivity contribution in [2.45, 2.75) is 32.6 Å². The summed E-state index contributed by atoms with van der Waals surface area (Å²) in [5.74, 6) is 0.879. The molecule has 1 N–H and O–H groups in total. The maximum absolute atomic E-state index is 12.4. The van der Waals surface area contributed by atoms with E-state index >= 15 is 0 Å². The van der Waals surface area contributed by atoms with E-state index in [4.69, 9.17) is 4.74 Å². The molecule has 4 nitrogen and oxygen atoms in total. The van der Waals surface area contributed by atoms with Crippen molar-refractivity contribution in [2.24, 2.45) is 5.92 Å². The van der Waals surface area contributed by atoms with E-state index in [2.05, 4.69) is 22.5 Å². The molecule has 1 aliphatic carbocycles. The zero-order valence-electron chi connectivity index (χ0n) is 13.4. The number of morpholine rings is 1. The molecule has 122 valence electrons. The van der Waals surface area contributed by atoms with Gasteiger partial charge in [-0.05, 0) is 43.7 Å². The topological polar surface area (TPSA) is 41.6 Å². The molecule has 1 saturated heterocycles. The van der Waals surface area contributed by atoms with Crippen molar-refractivity contribution in [1.29, 1.82) is 0 Å². The molecule has 0 spiro atoms. The Balaban J connectivity index is 1.44. The summed E-state index contributed by atoms with van der Waals surface area (Å²) in [5, 5.41) is 5.15. The number of ether oxygens (including phenoxy) is 1. The molecule has 5 heteroatoms. The molecule has 22 heavy (non-hydrogen) atoms. The third-order valence-corrected chi connectivity index (χ3v) is 5.74. The second-order valence-corrected chi connectivity index (χ2v) is 7.43. The van der Waals surface area contributed by atoms with Gasteiger partial charge in [0.2, 0.25) is 0 Å². The fourth-order valence-corrected chi connectivity index (χ4v) is 4.54. The fourth-order valence-electron chi connectivity index (χ4n) is 3.29. The molecule has 1 aromatic heterocycles. The van der Waals surface area contributed by atoms with Crippen LogP contribution in [-0.4, -0.2) is 50.2 Å². The van der Waals surface area contributed by atoms with Gasteiger partial charge in [-0.3, -0.25) is 9.69 Å². The lowest BCUT2D eigenvalue weighted by Gasteiger charge is -2.26. The van der Waals surface area contributed by atoms with Crippen LogP contribution >= 0.6 is 11.3 Å². The van der Waals surface area contributed by atoms with Crippen molar-refractivity contribution in [3.63, 3.8) is 0 Å². The Morgan fingerprint density at radius 3 is 3.09 bits per heavy atom. The van der Waals surface area contributed by atoms with Crippen molar-refractivity contribution in [3.8, 4) is 0 Å². The monoisotopic (exact) mass is 322 g/mol. The number of amides is 1. The van der Waals surface area contributed by atoms with Gasteiger partial charge in [0.15, 0.2) is 0 Å². The van der Waals surface area contributed by atoms with Crippen LogP contribution in [0.1, 0.15) is 40.6 Å². The van der Waals surface area contributed by atoms with Crippen molar-refractivity contribution in [3.05, 3.63) is 21.4 Å². The highest BCUT2D eigenvalue weighted by Gasteiger charge is 2.22. The molecule has 0 saturated carbocycles. The van der Waals surface area contributed by atoms with Crippen molar-refractivity contribution >= 4 is 17.2 Å². The molecule has 0 radical (unpaired) electrons. The Kier molecular flexibility index (Phi) is 5.50. The van der Waals surface area contributed by atoms with Gasteiger partial charge in [0, 0.05) is 29.9 Å². The van der Waals surface area contributed by atoms with Gasteiger partial charge in [0.25, 0.3) is 5.91 Å². The summed E-state index contributed by atoms with van der Waals surface area (Å²) in [6, 6.07) is 0. The van der Waals surface area contributed by atoms with Crippen LogP contribution in [0.3, 0.4) is 0 Å². The maximum atomic E-state index is 12.4. The number of thiophene rings is 1. The third kappa shape index (κ3) is 3.89. The van der Waals surface area contributed by atoms with Crippen LogP contribution in [0.15, 0.2) is 5.38 Å². The van der Waals surface area contributed by atoms with Crippen LogP contribution in [0.25, 0.3) is 0 Å². The molecule has 0 bridgehead atoms. The molecule has 3 rings (SSSR count). The van der Waals surface area contributed by atoms with Crippen LogP contribution in [0.4, 0.5) is 0 Å². The summed E-state index contributed by atoms with van der Waals surface area (Å²) < 4.78 is 5.34. The molecule has 1 amide bonds. The minimum Gasteiger partial charge on any atom is -0.379 e. The molecule has 1 atom stereocenters. The van der Waals surface area contributed by atoms with Gasteiger partial charge in [-0.1, -0.05) is 6.92 Å². The highest BCUT2D eigenvalue weighted by molar-refractivity contribution is 7.10. The van der Waals surface area contributed by atoms with Gasteiger partial charge in [0.1, 0.15) is 0 Å². The van der Waals surface area contributed by atoms with E-state index in [1.165, 1.54) is 16.9 Å². The van der Waals surface area contributed by atoms with E-state index in [9.17, 15) is 4.79 Å². The molecule has 1 aliphatic heterocycles. The average Bonchev–Trinajstić information content (AvgIpc) is 2.95. The van der Waals surface area contributed by atoms with Crippen LogP contribution in [-0.2, 0) is 17.6 Å². The summed E-state index contributed by atoms with van der Waals surface area (Å²) in [5.41, 5.74) is 2.24. The number of nitrogens with zero attached hydrogens (tertiary/aromatic N) is 1. The van der Waals surface area contributed by atoms with E-state index in [1.54, 1.807) is 11.3 Å². The van der Waals surface area contributed by atoms with E-state index in [0.29, 0.717) is 0 Å². The van der Waals surface area contributed by atoms with Gasteiger partial charge in [-0.15, -0.1) is 11.3 Å². The molecular weight excluding hydrogens is 296 g/mol. The number of rotatable bonds is 5. The lowest BCUT2D eigenvalue weighted by molar-refractivity contribution is 0.0374. The second-order valence-electron chi connectivity index (χ2n) is 6.46. The Hall–Kier alpha value is -0.910. The normalized spacial score (nSPS) is 22.3. The summed E-state index contributed by atoms with van der Waals surface area (Å²) in [6.45, 7) is 7.82. The first-order valence-electron chi connectivity index (χ1n) is 8.41. The van der Waals surface area contributed by atoms with Crippen LogP contribution in [0, 0.1) is 5.92 Å². The van der Waals surface area contributed by atoms with E-state index in [1.807, 2.05) is 0 Å². The number of nitrogens with one attached hydrogen (secondary N) is 1. The largest absolute Gasteiger partial charge is 0.379 e. The van der Waals surface area contributed by atoms with E-state index < -0.39 is 0 Å². The number of hydrogen-bond acceptors (Lipinski definition) is 4. The van der Waals surface area contributed by atoms with Crippen LogP contribution in [0.5, 0.6) is 0 Å².